The van der Waals surface area contributed by atoms with E-state index in [4.69, 9.17) is 47.4 Å². The van der Waals surface area contributed by atoms with Crippen molar-refractivity contribution in [3.63, 3.8) is 0 Å². The van der Waals surface area contributed by atoms with Gasteiger partial charge in [-0.1, -0.05) is 0 Å². The molecule has 0 aromatic heterocycles. The van der Waals surface area contributed by atoms with Crippen molar-refractivity contribution in [2.24, 2.45) is 0 Å². The van der Waals surface area contributed by atoms with Crippen molar-refractivity contribution in [2.75, 3.05) is 118 Å². The molecule has 0 saturated carbocycles. The van der Waals surface area contributed by atoms with Gasteiger partial charge in [-0.05, 0) is 45.0 Å². The largest absolute Gasteiger partial charge is 0.491 e. The predicted octanol–water partition coefficient (Wildman–Crippen LogP) is 2.50. The fourth-order valence-corrected chi connectivity index (χ4v) is 3.12. The molecule has 13 nitrogen and oxygen atoms in total. The Labute approximate surface area is 255 Å². The molecule has 0 spiro atoms. The van der Waals surface area contributed by atoms with E-state index in [9.17, 15) is 9.59 Å². The smallest absolute Gasteiger partial charge is 0.332 e. The van der Waals surface area contributed by atoms with E-state index < -0.39 is 5.60 Å². The molecule has 0 saturated heterocycles. The van der Waals surface area contributed by atoms with E-state index in [2.05, 4.69) is 5.32 Å². The Morgan fingerprint density at radius 3 is 1.26 bits per heavy atom. The number of nitrogens with one attached hydrogen (secondary N) is 1. The van der Waals surface area contributed by atoms with E-state index in [-0.39, 0.29) is 18.5 Å². The zero-order chi connectivity index (χ0) is 31.4. The van der Waals surface area contributed by atoms with Crippen LogP contribution in [-0.4, -0.2) is 130 Å². The van der Waals surface area contributed by atoms with Crippen LogP contribution in [0.3, 0.4) is 0 Å². The molecule has 0 aliphatic carbocycles. The number of carbonyl (C=O) groups excluding carboxylic acids is 2. The minimum absolute atomic E-state index is 0.0856. The van der Waals surface area contributed by atoms with Gasteiger partial charge in [-0.15, -0.1) is 0 Å². The third kappa shape index (κ3) is 27.0. The second-order valence-corrected chi connectivity index (χ2v) is 9.98. The van der Waals surface area contributed by atoms with Crippen molar-refractivity contribution in [1.82, 2.24) is 0 Å². The van der Waals surface area contributed by atoms with Crippen LogP contribution in [0.25, 0.3) is 0 Å². The normalized spacial score (nSPS) is 11.4. The average molecular weight is 618 g/mol. The zero-order valence-electron chi connectivity index (χ0n) is 26.2. The Morgan fingerprint density at radius 2 is 0.907 bits per heavy atom. The Morgan fingerprint density at radius 1 is 0.558 bits per heavy atom. The summed E-state index contributed by atoms with van der Waals surface area (Å²) in [6.07, 6.45) is 0. The highest BCUT2D eigenvalue weighted by Crippen LogP contribution is 2.15. The SMILES string of the molecule is CC(=O)Nc1ccc(OCCOCCOCCOCCOCCOCCOCCOCCOCC(=O)OC(C)(C)C)cc1. The molecular formula is C30H51NO12. The van der Waals surface area contributed by atoms with E-state index in [0.717, 1.165) is 5.69 Å². The van der Waals surface area contributed by atoms with E-state index >= 15 is 0 Å². The van der Waals surface area contributed by atoms with Crippen LogP contribution < -0.4 is 10.1 Å². The summed E-state index contributed by atoms with van der Waals surface area (Å²) in [6, 6.07) is 7.16. The first-order chi connectivity index (χ1) is 20.8. The van der Waals surface area contributed by atoms with E-state index in [0.29, 0.717) is 111 Å². The van der Waals surface area contributed by atoms with Gasteiger partial charge in [0.15, 0.2) is 0 Å². The summed E-state index contributed by atoms with van der Waals surface area (Å²) in [6.45, 7) is 14.1. The van der Waals surface area contributed by atoms with Crippen molar-refractivity contribution >= 4 is 17.6 Å². The summed E-state index contributed by atoms with van der Waals surface area (Å²) in [5.74, 6) is 0.213. The van der Waals surface area contributed by atoms with Gasteiger partial charge >= 0.3 is 5.97 Å². The molecule has 1 aromatic carbocycles. The maximum Gasteiger partial charge on any atom is 0.332 e. The molecule has 1 amide bonds. The zero-order valence-corrected chi connectivity index (χ0v) is 26.2. The summed E-state index contributed by atoms with van der Waals surface area (Å²) in [5, 5.41) is 2.70. The lowest BCUT2D eigenvalue weighted by molar-refractivity contribution is -0.160. The number of amides is 1. The number of rotatable bonds is 28. The van der Waals surface area contributed by atoms with Crippen LogP contribution in [0, 0.1) is 0 Å². The van der Waals surface area contributed by atoms with Crippen LogP contribution in [0.15, 0.2) is 24.3 Å². The summed E-state index contributed by atoms with van der Waals surface area (Å²) < 4.78 is 54.1. The third-order valence-corrected chi connectivity index (χ3v) is 4.92. The molecule has 1 rings (SSSR count). The van der Waals surface area contributed by atoms with Gasteiger partial charge in [0.2, 0.25) is 5.91 Å². The Hall–Kier alpha value is -2.36. The van der Waals surface area contributed by atoms with Crippen LogP contribution >= 0.6 is 0 Å². The molecule has 0 fully saturated rings. The Bertz CT molecular complexity index is 816. The average Bonchev–Trinajstić information content (AvgIpc) is 2.94. The number of hydrogen-bond donors (Lipinski definition) is 1. The minimum Gasteiger partial charge on any atom is -0.491 e. The topological polar surface area (TPSA) is 138 Å². The highest BCUT2D eigenvalue weighted by Gasteiger charge is 2.15. The second-order valence-electron chi connectivity index (χ2n) is 9.98. The van der Waals surface area contributed by atoms with Crippen LogP contribution in [-0.2, 0) is 52.2 Å². The van der Waals surface area contributed by atoms with Crippen molar-refractivity contribution in [3.8, 4) is 5.75 Å². The van der Waals surface area contributed by atoms with Crippen molar-refractivity contribution in [1.29, 1.82) is 0 Å². The molecule has 248 valence electrons. The van der Waals surface area contributed by atoms with Gasteiger partial charge in [0, 0.05) is 12.6 Å². The molecule has 0 unspecified atom stereocenters. The van der Waals surface area contributed by atoms with Crippen LogP contribution in [0.1, 0.15) is 27.7 Å². The first-order valence-corrected chi connectivity index (χ1v) is 14.6. The van der Waals surface area contributed by atoms with Crippen LogP contribution in [0.2, 0.25) is 0 Å². The first-order valence-electron chi connectivity index (χ1n) is 14.6. The predicted molar refractivity (Wildman–Crippen MR) is 159 cm³/mol. The van der Waals surface area contributed by atoms with Crippen molar-refractivity contribution in [2.45, 2.75) is 33.3 Å². The van der Waals surface area contributed by atoms with Gasteiger partial charge in [-0.25, -0.2) is 4.79 Å². The summed E-state index contributed by atoms with van der Waals surface area (Å²) in [4.78, 5) is 22.5. The van der Waals surface area contributed by atoms with Crippen molar-refractivity contribution < 1.29 is 57.0 Å². The second kappa shape index (κ2) is 26.1. The Kier molecular flexibility index (Phi) is 23.4. The molecule has 0 aliphatic heterocycles. The molecular weight excluding hydrogens is 566 g/mol. The highest BCUT2D eigenvalue weighted by atomic mass is 16.6. The van der Waals surface area contributed by atoms with Gasteiger partial charge in [-0.3, -0.25) is 4.79 Å². The fraction of sp³-hybridized carbons (Fsp3) is 0.733. The molecule has 13 heteroatoms. The quantitative estimate of drug-likeness (QED) is 0.109. The fourth-order valence-electron chi connectivity index (χ4n) is 3.12. The number of hydrogen-bond acceptors (Lipinski definition) is 12. The summed E-state index contributed by atoms with van der Waals surface area (Å²) in [7, 11) is 0. The molecule has 0 aliphatic rings. The van der Waals surface area contributed by atoms with E-state index in [1.165, 1.54) is 6.92 Å². The first kappa shape index (κ1) is 38.7. The maximum absolute atomic E-state index is 11.5. The molecule has 0 heterocycles. The van der Waals surface area contributed by atoms with Gasteiger partial charge in [0.05, 0.1) is 99.1 Å². The number of ether oxygens (including phenoxy) is 10. The number of benzene rings is 1. The van der Waals surface area contributed by atoms with Crippen LogP contribution in [0.4, 0.5) is 5.69 Å². The van der Waals surface area contributed by atoms with Crippen molar-refractivity contribution in [3.05, 3.63) is 24.3 Å². The van der Waals surface area contributed by atoms with E-state index in [1.54, 1.807) is 24.3 Å². The molecule has 1 aromatic rings. The van der Waals surface area contributed by atoms with Gasteiger partial charge in [-0.2, -0.15) is 0 Å². The summed E-state index contributed by atoms with van der Waals surface area (Å²) in [5.41, 5.74) is 0.216. The molecule has 0 radical (unpaired) electrons. The number of anilines is 1. The van der Waals surface area contributed by atoms with Gasteiger partial charge in [0.1, 0.15) is 24.6 Å². The number of esters is 1. The molecule has 0 bridgehead atoms. The van der Waals surface area contributed by atoms with Crippen LogP contribution in [0.5, 0.6) is 5.75 Å². The standard InChI is InChI=1S/C30H51NO12/c1-26(32)31-27-5-7-28(8-6-27)42-24-23-40-20-19-38-16-15-36-12-11-34-9-10-35-13-14-37-17-18-39-21-22-41-25-29(33)43-30(2,3)4/h5-8H,9-25H2,1-4H3,(H,31,32). The maximum atomic E-state index is 11.5. The third-order valence-electron chi connectivity index (χ3n) is 4.92. The lowest BCUT2D eigenvalue weighted by atomic mass is 10.2. The van der Waals surface area contributed by atoms with Gasteiger partial charge < -0.3 is 52.7 Å². The molecule has 1 N–H and O–H groups in total. The monoisotopic (exact) mass is 617 g/mol. The summed E-state index contributed by atoms with van der Waals surface area (Å²) >= 11 is 0. The Balaban J connectivity index is 1.71. The van der Waals surface area contributed by atoms with Gasteiger partial charge in [0.25, 0.3) is 0 Å². The lowest BCUT2D eigenvalue weighted by Gasteiger charge is -2.19. The highest BCUT2D eigenvalue weighted by molar-refractivity contribution is 5.88. The minimum atomic E-state index is -0.512. The number of carbonyl (C=O) groups is 2. The lowest BCUT2D eigenvalue weighted by Crippen LogP contribution is -2.27. The molecule has 0 atom stereocenters. The molecule has 43 heavy (non-hydrogen) atoms. The van der Waals surface area contributed by atoms with E-state index in [1.807, 2.05) is 20.8 Å².